The second-order valence-corrected chi connectivity index (χ2v) is 14.7. The fraction of sp³-hybridized carbons (Fsp3) is 0.447. The van der Waals surface area contributed by atoms with Crippen LogP contribution in [-0.4, -0.2) is 77.3 Å². The van der Waals surface area contributed by atoms with Crippen molar-refractivity contribution in [2.45, 2.75) is 75.5 Å². The molecule has 1 aliphatic carbocycles. The molecule has 0 spiro atoms. The Hall–Kier alpha value is -5.38. The Kier molecular flexibility index (Phi) is 9.54. The molecule has 0 bridgehead atoms. The van der Waals surface area contributed by atoms with Crippen molar-refractivity contribution in [3.05, 3.63) is 82.3 Å². The number of imidazole rings is 1. The molecule has 282 valence electrons. The highest BCUT2D eigenvalue weighted by Gasteiger charge is 2.36. The van der Waals surface area contributed by atoms with Crippen molar-refractivity contribution in [1.29, 1.82) is 0 Å². The summed E-state index contributed by atoms with van der Waals surface area (Å²) in [5, 5.41) is 10.5. The summed E-state index contributed by atoms with van der Waals surface area (Å²) in [6.07, 6.45) is 4.35. The number of amides is 3. The number of hydrogen-bond donors (Lipinski definition) is 2. The topological polar surface area (TPSA) is 149 Å². The van der Waals surface area contributed by atoms with Crippen molar-refractivity contribution in [3.8, 4) is 0 Å². The van der Waals surface area contributed by atoms with E-state index in [2.05, 4.69) is 25.5 Å². The lowest BCUT2D eigenvalue weighted by Gasteiger charge is -2.38. The molecule has 2 N–H and O–H groups in total. The molecule has 13 nitrogen and oxygen atoms in total. The van der Waals surface area contributed by atoms with Gasteiger partial charge in [-0.25, -0.2) is 27.9 Å². The lowest BCUT2D eigenvalue weighted by molar-refractivity contribution is -0.135. The summed E-state index contributed by atoms with van der Waals surface area (Å²) in [7, 11) is 1.65. The third-order valence-corrected chi connectivity index (χ3v) is 11.3. The number of imide groups is 1. The van der Waals surface area contributed by atoms with E-state index >= 15 is 4.39 Å². The smallest absolute Gasteiger partial charge is 0.305 e. The molecule has 1 saturated carbocycles. The molecule has 3 amide bonds. The van der Waals surface area contributed by atoms with Gasteiger partial charge < -0.3 is 10.2 Å². The van der Waals surface area contributed by atoms with Gasteiger partial charge >= 0.3 is 5.69 Å². The number of hydrogen-bond acceptors (Lipinski definition) is 8. The summed E-state index contributed by atoms with van der Waals surface area (Å²) in [5.41, 5.74) is 1.68. The van der Waals surface area contributed by atoms with Gasteiger partial charge in [0.25, 0.3) is 12.3 Å². The molecule has 3 fully saturated rings. The second kappa shape index (κ2) is 14.5. The van der Waals surface area contributed by atoms with E-state index in [0.29, 0.717) is 35.4 Å². The molecule has 54 heavy (non-hydrogen) atoms. The van der Waals surface area contributed by atoms with Crippen LogP contribution in [0.1, 0.15) is 91.1 Å². The van der Waals surface area contributed by atoms with Crippen molar-refractivity contribution in [3.63, 3.8) is 0 Å². The van der Waals surface area contributed by atoms with E-state index in [9.17, 15) is 28.0 Å². The number of para-hydroxylation sites is 1. The van der Waals surface area contributed by atoms with Gasteiger partial charge in [-0.2, -0.15) is 5.10 Å². The van der Waals surface area contributed by atoms with Gasteiger partial charge in [-0.1, -0.05) is 18.2 Å². The first-order valence-electron chi connectivity index (χ1n) is 18.4. The molecule has 0 radical (unpaired) electrons. The van der Waals surface area contributed by atoms with E-state index in [1.54, 1.807) is 25.4 Å². The maximum absolute atomic E-state index is 16.1. The van der Waals surface area contributed by atoms with Crippen molar-refractivity contribution in [2.24, 2.45) is 13.0 Å². The summed E-state index contributed by atoms with van der Waals surface area (Å²) in [5.74, 6) is -1.19. The summed E-state index contributed by atoms with van der Waals surface area (Å²) < 4.78 is 47.0. The van der Waals surface area contributed by atoms with Crippen LogP contribution in [0, 0.1) is 5.92 Å². The number of alkyl halides is 3. The highest BCUT2D eigenvalue weighted by atomic mass is 19.3. The van der Waals surface area contributed by atoms with E-state index in [-0.39, 0.29) is 42.0 Å². The lowest BCUT2D eigenvalue weighted by Crippen LogP contribution is -2.44. The number of anilines is 1. The van der Waals surface area contributed by atoms with Crippen LogP contribution >= 0.6 is 0 Å². The molecule has 6 heterocycles. The summed E-state index contributed by atoms with van der Waals surface area (Å²) in [6, 6.07) is 10.5. The van der Waals surface area contributed by atoms with Gasteiger partial charge in [0.1, 0.15) is 34.9 Å². The van der Waals surface area contributed by atoms with Gasteiger partial charge in [0.2, 0.25) is 11.8 Å². The minimum Gasteiger partial charge on any atom is -0.305 e. The number of likely N-dealkylation sites (tertiary alicyclic amines) is 1. The normalized spacial score (nSPS) is 24.0. The standard InChI is InChI=1S/C38H40F3N9O4/c1-47-34-25(4-2-7-30(34)50(38(47)54)31-12-13-33(51)45-37(31)53)24-14-15-48(20-26(24)39)18-21-8-10-23(11-9-21)49-19-22-16-32(42-17-29(22)46-49)44-36(52)28-6-3-5-27(43-28)35(40)41/h2-7,16-17,19,21,23-24,26,31,35H,8-15,18,20H2,1H3,(H,44,52)(H,45,51,53)/t21?,23?,24-,26+,31?/m1/s1. The number of benzene rings is 1. The minimum absolute atomic E-state index is 0.126. The fourth-order valence-corrected chi connectivity index (χ4v) is 8.52. The zero-order valence-corrected chi connectivity index (χ0v) is 29.6. The number of aromatic nitrogens is 6. The van der Waals surface area contributed by atoms with Gasteiger partial charge in [-0.3, -0.25) is 33.5 Å². The third kappa shape index (κ3) is 6.78. The highest BCUT2D eigenvalue weighted by Crippen LogP contribution is 2.38. The molecule has 16 heteroatoms. The fourth-order valence-electron chi connectivity index (χ4n) is 8.52. The van der Waals surface area contributed by atoms with Crippen molar-refractivity contribution in [2.75, 3.05) is 25.0 Å². The quantitative estimate of drug-likeness (QED) is 0.206. The molecule has 5 aromatic rings. The number of nitrogens with zero attached hydrogens (tertiary/aromatic N) is 7. The Labute approximate surface area is 307 Å². The zero-order valence-electron chi connectivity index (χ0n) is 29.6. The van der Waals surface area contributed by atoms with E-state index in [0.717, 1.165) is 49.7 Å². The molecule has 3 aliphatic rings. The molecule has 2 aliphatic heterocycles. The van der Waals surface area contributed by atoms with E-state index in [1.807, 2.05) is 23.0 Å². The van der Waals surface area contributed by atoms with Gasteiger partial charge in [0, 0.05) is 44.1 Å². The van der Waals surface area contributed by atoms with Crippen LogP contribution in [0.3, 0.4) is 0 Å². The van der Waals surface area contributed by atoms with Crippen molar-refractivity contribution < 1.29 is 27.6 Å². The molecular weight excluding hydrogens is 703 g/mol. The Balaban J connectivity index is 0.874. The van der Waals surface area contributed by atoms with Crippen molar-refractivity contribution >= 4 is 45.5 Å². The second-order valence-electron chi connectivity index (χ2n) is 14.7. The average Bonchev–Trinajstić information content (AvgIpc) is 3.70. The van der Waals surface area contributed by atoms with E-state index in [1.165, 1.54) is 27.3 Å². The maximum atomic E-state index is 16.1. The van der Waals surface area contributed by atoms with Crippen LogP contribution in [0.2, 0.25) is 0 Å². The Morgan fingerprint density at radius 1 is 1.04 bits per heavy atom. The van der Waals surface area contributed by atoms with Crippen LogP contribution in [0.4, 0.5) is 19.0 Å². The Morgan fingerprint density at radius 2 is 1.83 bits per heavy atom. The Morgan fingerprint density at radius 3 is 2.59 bits per heavy atom. The molecule has 8 rings (SSSR count). The monoisotopic (exact) mass is 743 g/mol. The first-order valence-corrected chi connectivity index (χ1v) is 18.4. The number of rotatable bonds is 8. The highest BCUT2D eigenvalue weighted by molar-refractivity contribution is 6.03. The van der Waals surface area contributed by atoms with Gasteiger partial charge in [-0.15, -0.1) is 0 Å². The average molecular weight is 744 g/mol. The first-order chi connectivity index (χ1) is 26.0. The molecule has 1 aromatic carbocycles. The summed E-state index contributed by atoms with van der Waals surface area (Å²) in [6.45, 7) is 1.83. The molecule has 3 atom stereocenters. The number of carbonyl (C=O) groups is 3. The van der Waals surface area contributed by atoms with E-state index in [4.69, 9.17) is 5.10 Å². The number of aryl methyl sites for hydroxylation is 1. The number of piperidine rings is 2. The lowest BCUT2D eigenvalue weighted by atomic mass is 9.83. The first kappa shape index (κ1) is 35.6. The van der Waals surface area contributed by atoms with Crippen molar-refractivity contribution in [1.82, 2.24) is 39.1 Å². The summed E-state index contributed by atoms with van der Waals surface area (Å²) in [4.78, 5) is 60.7. The van der Waals surface area contributed by atoms with Crippen LogP contribution < -0.4 is 16.3 Å². The predicted molar refractivity (Wildman–Crippen MR) is 193 cm³/mol. The predicted octanol–water partition coefficient (Wildman–Crippen LogP) is 5.21. The maximum Gasteiger partial charge on any atom is 0.329 e. The SMILES string of the molecule is Cn1c(=O)n(C2CCC(=O)NC2=O)c2cccc([C@H]3CCN(CC4CCC(n5cc6cc(NC(=O)c7cccc(C(F)F)n7)ncc6n5)CC4)C[C@@H]3F)c21. The van der Waals surface area contributed by atoms with Gasteiger partial charge in [0.15, 0.2) is 0 Å². The molecular formula is C38H40F3N9O4. The van der Waals surface area contributed by atoms with Crippen LogP contribution in [-0.2, 0) is 16.6 Å². The number of fused-ring (bicyclic) bond motifs is 2. The zero-order chi connectivity index (χ0) is 37.7. The van der Waals surface area contributed by atoms with Crippen LogP contribution in [0.15, 0.2) is 59.7 Å². The number of pyridine rings is 2. The number of nitrogens with one attached hydrogen (secondary N) is 2. The van der Waals surface area contributed by atoms with E-state index < -0.39 is 42.1 Å². The largest absolute Gasteiger partial charge is 0.329 e. The Bertz CT molecular complexity index is 2310. The van der Waals surface area contributed by atoms with Crippen LogP contribution in [0.25, 0.3) is 21.9 Å². The molecule has 4 aromatic heterocycles. The van der Waals surface area contributed by atoms with Gasteiger partial charge in [0.05, 0.1) is 23.3 Å². The molecule has 1 unspecified atom stereocenters. The number of carbonyl (C=O) groups excluding carboxylic acids is 3. The minimum atomic E-state index is -2.78. The third-order valence-electron chi connectivity index (χ3n) is 11.3. The molecule has 2 saturated heterocycles. The van der Waals surface area contributed by atoms with Gasteiger partial charge in [-0.05, 0) is 80.8 Å². The number of halogens is 3. The van der Waals surface area contributed by atoms with Crippen LogP contribution in [0.5, 0.6) is 0 Å². The summed E-state index contributed by atoms with van der Waals surface area (Å²) >= 11 is 0.